The number of carbonyl (C=O) groups excluding carboxylic acids is 2. The molecule has 0 bridgehead atoms. The molecule has 3 aromatic rings. The Labute approximate surface area is 193 Å². The number of ether oxygens (including phenoxy) is 1. The van der Waals surface area contributed by atoms with Crippen molar-refractivity contribution in [3.63, 3.8) is 0 Å². The zero-order valence-corrected chi connectivity index (χ0v) is 19.8. The van der Waals surface area contributed by atoms with Gasteiger partial charge in [0.05, 0.1) is 11.3 Å². The molecule has 0 aliphatic heterocycles. The smallest absolute Gasteiger partial charge is 0.340 e. The molecule has 2 aromatic carbocycles. The van der Waals surface area contributed by atoms with Gasteiger partial charge in [0.1, 0.15) is 5.60 Å². The number of esters is 1. The highest BCUT2D eigenvalue weighted by Gasteiger charge is 2.23. The number of aromatic nitrogens is 1. The zero-order valence-electron chi connectivity index (χ0n) is 18.2. The third kappa shape index (κ3) is 6.76. The Hall–Kier alpha value is -2.99. The number of hydrogen-bond acceptors (Lipinski definition) is 3. The molecule has 1 amide bonds. The summed E-state index contributed by atoms with van der Waals surface area (Å²) in [4.78, 5) is 25.4. The monoisotopic (exact) mass is 482 g/mol. The molecular weight excluding hydrogens is 456 g/mol. The van der Waals surface area contributed by atoms with Crippen molar-refractivity contribution in [1.29, 1.82) is 0 Å². The van der Waals surface area contributed by atoms with E-state index in [0.29, 0.717) is 11.3 Å². The van der Waals surface area contributed by atoms with E-state index in [1.54, 1.807) is 12.1 Å². The average Bonchev–Trinajstić information content (AvgIpc) is 2.69. The molecule has 0 unspecified atom stereocenters. The van der Waals surface area contributed by atoms with Crippen LogP contribution < -0.4 is 26.9 Å². The van der Waals surface area contributed by atoms with E-state index in [1.807, 2.05) is 93.2 Å². The molecule has 1 N–H and O–H groups in total. The molecule has 0 fully saturated rings. The quantitative estimate of drug-likeness (QED) is 0.443. The van der Waals surface area contributed by atoms with Crippen LogP contribution in [0.1, 0.15) is 36.7 Å². The Balaban J connectivity index is 0.00000341. The van der Waals surface area contributed by atoms with Gasteiger partial charge >= 0.3 is 5.97 Å². The minimum absolute atomic E-state index is 0. The van der Waals surface area contributed by atoms with Gasteiger partial charge in [-0.05, 0) is 51.0 Å². The van der Waals surface area contributed by atoms with Crippen LogP contribution in [0.4, 0.5) is 5.69 Å². The second-order valence-corrected chi connectivity index (χ2v) is 8.18. The van der Waals surface area contributed by atoms with Crippen LogP contribution in [0.3, 0.4) is 0 Å². The fourth-order valence-corrected chi connectivity index (χ4v) is 3.10. The Kier molecular flexibility index (Phi) is 8.11. The van der Waals surface area contributed by atoms with Crippen molar-refractivity contribution in [2.45, 2.75) is 39.8 Å². The first-order valence-electron chi connectivity index (χ1n) is 9.90. The van der Waals surface area contributed by atoms with Crippen molar-refractivity contribution in [2.75, 3.05) is 5.32 Å². The molecule has 0 spiro atoms. The predicted octanol–water partition coefficient (Wildman–Crippen LogP) is 1.55. The molecule has 31 heavy (non-hydrogen) atoms. The second kappa shape index (κ2) is 10.4. The molecule has 0 saturated heterocycles. The number of rotatable bonds is 5. The Morgan fingerprint density at radius 3 is 2.29 bits per heavy atom. The molecule has 0 radical (unpaired) electrons. The summed E-state index contributed by atoms with van der Waals surface area (Å²) in [5.74, 6) is -0.676. The van der Waals surface area contributed by atoms with Crippen molar-refractivity contribution in [1.82, 2.24) is 0 Å². The maximum absolute atomic E-state index is 12.8. The second-order valence-electron chi connectivity index (χ2n) is 8.18. The number of pyridine rings is 1. The third-order valence-corrected chi connectivity index (χ3v) is 4.45. The van der Waals surface area contributed by atoms with Crippen LogP contribution in [0.15, 0.2) is 73.1 Å². The van der Waals surface area contributed by atoms with Crippen LogP contribution >= 0.6 is 0 Å². The average molecular weight is 483 g/mol. The first kappa shape index (κ1) is 24.3. The summed E-state index contributed by atoms with van der Waals surface area (Å²) in [5, 5.41) is 2.89. The Morgan fingerprint density at radius 1 is 0.935 bits per heavy atom. The zero-order chi connectivity index (χ0) is 21.7. The van der Waals surface area contributed by atoms with Gasteiger partial charge in [-0.15, -0.1) is 0 Å². The highest BCUT2D eigenvalue weighted by Crippen LogP contribution is 2.23. The van der Waals surface area contributed by atoms with E-state index in [-0.39, 0.29) is 29.4 Å². The van der Waals surface area contributed by atoms with Crippen molar-refractivity contribution in [3.05, 3.63) is 84.2 Å². The molecule has 0 aliphatic rings. The summed E-state index contributed by atoms with van der Waals surface area (Å²) in [5.41, 5.74) is 3.12. The third-order valence-electron chi connectivity index (χ3n) is 4.45. The van der Waals surface area contributed by atoms with Crippen molar-refractivity contribution in [2.24, 2.45) is 0 Å². The SMILES string of the molecule is Cc1cccc(C(=O)OC(C)(C)C)c1NC(=O)C[n+]1cccc(-c2ccccc2)c1.[Br-]. The molecule has 0 aliphatic carbocycles. The van der Waals surface area contributed by atoms with Crippen molar-refractivity contribution < 1.29 is 35.9 Å². The van der Waals surface area contributed by atoms with Gasteiger partial charge in [-0.25, -0.2) is 4.79 Å². The lowest BCUT2D eigenvalue weighted by molar-refractivity contribution is -0.683. The number of anilines is 1. The predicted molar refractivity (Wildman–Crippen MR) is 117 cm³/mol. The van der Waals surface area contributed by atoms with Gasteiger partial charge in [0.15, 0.2) is 12.4 Å². The van der Waals surface area contributed by atoms with E-state index in [4.69, 9.17) is 4.74 Å². The molecule has 3 rings (SSSR count). The van der Waals surface area contributed by atoms with Gasteiger partial charge in [-0.1, -0.05) is 42.5 Å². The number of aryl methyl sites for hydroxylation is 1. The van der Waals surface area contributed by atoms with Gasteiger partial charge in [-0.3, -0.25) is 4.79 Å². The van der Waals surface area contributed by atoms with Crippen LogP contribution in [-0.4, -0.2) is 17.5 Å². The normalized spacial score (nSPS) is 10.7. The summed E-state index contributed by atoms with van der Waals surface area (Å²) in [6.07, 6.45) is 3.78. The van der Waals surface area contributed by atoms with Crippen LogP contribution in [0.2, 0.25) is 0 Å². The molecule has 5 nitrogen and oxygen atoms in total. The number of nitrogens with zero attached hydrogens (tertiary/aromatic N) is 1. The van der Waals surface area contributed by atoms with Crippen molar-refractivity contribution >= 4 is 17.6 Å². The number of halogens is 1. The van der Waals surface area contributed by atoms with Crippen LogP contribution in [0, 0.1) is 6.92 Å². The number of carbonyl (C=O) groups is 2. The highest BCUT2D eigenvalue weighted by atomic mass is 79.9. The fraction of sp³-hybridized carbons (Fsp3) is 0.240. The van der Waals surface area contributed by atoms with Gasteiger partial charge in [0.25, 0.3) is 5.91 Å². The van der Waals surface area contributed by atoms with E-state index in [0.717, 1.165) is 16.7 Å². The molecule has 0 saturated carbocycles. The number of para-hydroxylation sites is 1. The maximum Gasteiger partial charge on any atom is 0.340 e. The highest BCUT2D eigenvalue weighted by molar-refractivity contribution is 6.02. The first-order chi connectivity index (χ1) is 14.2. The van der Waals surface area contributed by atoms with E-state index in [1.165, 1.54) is 0 Å². The van der Waals surface area contributed by atoms with E-state index < -0.39 is 11.6 Å². The lowest BCUT2D eigenvalue weighted by Crippen LogP contribution is -3.00. The number of amides is 1. The first-order valence-corrected chi connectivity index (χ1v) is 9.90. The minimum atomic E-state index is -0.615. The Bertz CT molecular complexity index is 1060. The van der Waals surface area contributed by atoms with Gasteiger partial charge in [0, 0.05) is 11.6 Å². The summed E-state index contributed by atoms with van der Waals surface area (Å²) in [6, 6.07) is 19.2. The van der Waals surface area contributed by atoms with E-state index in [2.05, 4.69) is 5.32 Å². The van der Waals surface area contributed by atoms with Gasteiger partial charge < -0.3 is 27.0 Å². The Morgan fingerprint density at radius 2 is 1.61 bits per heavy atom. The van der Waals surface area contributed by atoms with Gasteiger partial charge in [0.2, 0.25) is 6.54 Å². The molecule has 6 heteroatoms. The van der Waals surface area contributed by atoms with Crippen molar-refractivity contribution in [3.8, 4) is 11.1 Å². The minimum Gasteiger partial charge on any atom is -1.00 e. The largest absolute Gasteiger partial charge is 1.00 e. The molecule has 162 valence electrons. The van der Waals surface area contributed by atoms with Gasteiger partial charge in [-0.2, -0.15) is 4.57 Å². The summed E-state index contributed by atoms with van der Waals surface area (Å²) in [7, 11) is 0. The summed E-state index contributed by atoms with van der Waals surface area (Å²) >= 11 is 0. The van der Waals surface area contributed by atoms with Crippen LogP contribution in [0.25, 0.3) is 11.1 Å². The summed E-state index contributed by atoms with van der Waals surface area (Å²) in [6.45, 7) is 7.43. The number of hydrogen-bond donors (Lipinski definition) is 1. The fourth-order valence-electron chi connectivity index (χ4n) is 3.10. The molecule has 1 heterocycles. The standard InChI is InChI=1S/C25H26N2O3.BrH/c1-18-10-8-14-21(24(29)30-25(2,3)4)23(18)26-22(28)17-27-15-9-13-20(16-27)19-11-6-5-7-12-19;/h5-16H,17H2,1-4H3;1H. The lowest BCUT2D eigenvalue weighted by Gasteiger charge is -2.21. The van der Waals surface area contributed by atoms with E-state index >= 15 is 0 Å². The topological polar surface area (TPSA) is 59.3 Å². The van der Waals surface area contributed by atoms with Crippen LogP contribution in [0.5, 0.6) is 0 Å². The summed E-state index contributed by atoms with van der Waals surface area (Å²) < 4.78 is 7.31. The number of benzene rings is 2. The molecule has 1 aromatic heterocycles. The lowest BCUT2D eigenvalue weighted by atomic mass is 10.1. The van der Waals surface area contributed by atoms with E-state index in [9.17, 15) is 9.59 Å². The number of nitrogens with one attached hydrogen (secondary N) is 1. The molecular formula is C25H27BrN2O3. The van der Waals surface area contributed by atoms with Crippen LogP contribution in [-0.2, 0) is 16.1 Å². The molecule has 0 atom stereocenters. The maximum atomic E-state index is 12.8.